The number of aromatic nitrogens is 2. The van der Waals surface area contributed by atoms with Crippen molar-refractivity contribution in [2.24, 2.45) is 11.1 Å². The summed E-state index contributed by atoms with van der Waals surface area (Å²) in [5, 5.41) is 0.552. The maximum absolute atomic E-state index is 12.5. The highest BCUT2D eigenvalue weighted by Gasteiger charge is 2.34. The summed E-state index contributed by atoms with van der Waals surface area (Å²) < 4.78 is 2.34. The van der Waals surface area contributed by atoms with E-state index in [-0.39, 0.29) is 29.3 Å². The number of amides is 1. The van der Waals surface area contributed by atoms with Crippen LogP contribution < -0.4 is 11.3 Å². The summed E-state index contributed by atoms with van der Waals surface area (Å²) in [6, 6.07) is 5.41. The maximum atomic E-state index is 12.5. The van der Waals surface area contributed by atoms with Gasteiger partial charge in [-0.05, 0) is 36.6 Å². The third-order valence-corrected chi connectivity index (χ3v) is 5.25. The quantitative estimate of drug-likeness (QED) is 0.807. The Morgan fingerprint density at radius 3 is 2.88 bits per heavy atom. The molecule has 1 amide bonds. The van der Waals surface area contributed by atoms with Crippen molar-refractivity contribution < 1.29 is 4.79 Å². The van der Waals surface area contributed by atoms with Crippen molar-refractivity contribution >= 4 is 45.1 Å². The first-order valence-corrected chi connectivity index (χ1v) is 8.84. The number of fused-ring (bicyclic) bond motifs is 1. The first-order valence-electron chi connectivity index (χ1n) is 8.04. The number of likely N-dealkylation sites (tertiary alicyclic amines) is 1. The number of benzene rings is 1. The average molecular weight is 430 g/mol. The summed E-state index contributed by atoms with van der Waals surface area (Å²) in [6.45, 7) is 4.46. The van der Waals surface area contributed by atoms with E-state index in [1.807, 2.05) is 11.0 Å². The Morgan fingerprint density at radius 2 is 2.20 bits per heavy atom. The van der Waals surface area contributed by atoms with Crippen LogP contribution in [0.2, 0.25) is 0 Å². The Hall–Kier alpha value is -1.44. The van der Waals surface area contributed by atoms with Crippen LogP contribution in [-0.2, 0) is 11.3 Å². The van der Waals surface area contributed by atoms with E-state index in [0.717, 1.165) is 17.4 Å². The third kappa shape index (κ3) is 4.22. The lowest BCUT2D eigenvalue weighted by Gasteiger charge is -2.22. The molecule has 0 saturated carbocycles. The summed E-state index contributed by atoms with van der Waals surface area (Å²) in [5.74, 6) is 0.0633. The van der Waals surface area contributed by atoms with E-state index >= 15 is 0 Å². The Morgan fingerprint density at radius 1 is 1.44 bits per heavy atom. The molecule has 25 heavy (non-hydrogen) atoms. The van der Waals surface area contributed by atoms with E-state index in [1.54, 1.807) is 12.1 Å². The molecule has 8 heteroatoms. The van der Waals surface area contributed by atoms with Crippen LogP contribution >= 0.6 is 28.3 Å². The zero-order valence-electron chi connectivity index (χ0n) is 14.1. The second-order valence-electron chi connectivity index (χ2n) is 6.73. The summed E-state index contributed by atoms with van der Waals surface area (Å²) in [6.07, 6.45) is 2.74. The molecule has 1 aliphatic heterocycles. The van der Waals surface area contributed by atoms with E-state index < -0.39 is 0 Å². The number of hydrogen-bond acceptors (Lipinski definition) is 4. The number of nitrogens with two attached hydrogens (primary N) is 1. The molecule has 1 aromatic heterocycles. The van der Waals surface area contributed by atoms with Crippen molar-refractivity contribution in [3.05, 3.63) is 39.4 Å². The van der Waals surface area contributed by atoms with Gasteiger partial charge in [-0.2, -0.15) is 0 Å². The number of aryl methyl sites for hydroxylation is 1. The fraction of sp³-hybridized carbons (Fsp3) is 0.471. The van der Waals surface area contributed by atoms with Gasteiger partial charge in [-0.25, -0.2) is 4.98 Å². The molecule has 3 rings (SSSR count). The van der Waals surface area contributed by atoms with Gasteiger partial charge in [0.2, 0.25) is 5.91 Å². The molecule has 2 aromatic rings. The minimum absolute atomic E-state index is 0. The number of carbonyl (C=O) groups is 1. The summed E-state index contributed by atoms with van der Waals surface area (Å²) in [4.78, 5) is 31.1. The molecule has 2 heterocycles. The molecule has 1 unspecified atom stereocenters. The largest absolute Gasteiger partial charge is 0.342 e. The molecule has 6 nitrogen and oxygen atoms in total. The van der Waals surface area contributed by atoms with E-state index in [9.17, 15) is 9.59 Å². The minimum atomic E-state index is -0.123. The third-order valence-electron chi connectivity index (χ3n) is 4.76. The van der Waals surface area contributed by atoms with Gasteiger partial charge in [0.1, 0.15) is 0 Å². The van der Waals surface area contributed by atoms with Crippen molar-refractivity contribution in [2.45, 2.75) is 26.3 Å². The molecule has 0 radical (unpaired) electrons. The highest BCUT2D eigenvalue weighted by molar-refractivity contribution is 9.10. The highest BCUT2D eigenvalue weighted by Crippen LogP contribution is 2.28. The van der Waals surface area contributed by atoms with Crippen molar-refractivity contribution in [1.29, 1.82) is 0 Å². The average Bonchev–Trinajstić information content (AvgIpc) is 2.98. The molecular formula is C17H22BrClN4O2. The number of hydrogen-bond donors (Lipinski definition) is 1. The molecular weight excluding hydrogens is 408 g/mol. The summed E-state index contributed by atoms with van der Waals surface area (Å²) >= 11 is 3.37. The lowest BCUT2D eigenvalue weighted by molar-refractivity contribution is -0.130. The molecule has 1 fully saturated rings. The van der Waals surface area contributed by atoms with Crippen molar-refractivity contribution in [3.8, 4) is 0 Å². The van der Waals surface area contributed by atoms with Crippen molar-refractivity contribution in [1.82, 2.24) is 14.5 Å². The fourth-order valence-electron chi connectivity index (χ4n) is 3.07. The van der Waals surface area contributed by atoms with Gasteiger partial charge in [0.05, 0.1) is 17.2 Å². The normalized spacial score (nSPS) is 19.9. The Kier molecular flexibility index (Phi) is 6.24. The van der Waals surface area contributed by atoms with Crippen LogP contribution in [0, 0.1) is 5.41 Å². The zero-order chi connectivity index (χ0) is 17.3. The first kappa shape index (κ1) is 19.9. The van der Waals surface area contributed by atoms with E-state index in [4.69, 9.17) is 5.73 Å². The van der Waals surface area contributed by atoms with Gasteiger partial charge in [0.25, 0.3) is 5.56 Å². The van der Waals surface area contributed by atoms with Crippen LogP contribution in [0.15, 0.2) is 33.8 Å². The second kappa shape index (κ2) is 7.85. The van der Waals surface area contributed by atoms with Gasteiger partial charge in [-0.3, -0.25) is 14.2 Å². The van der Waals surface area contributed by atoms with Crippen LogP contribution in [0.4, 0.5) is 0 Å². The van der Waals surface area contributed by atoms with Crippen molar-refractivity contribution in [2.75, 3.05) is 19.6 Å². The van der Waals surface area contributed by atoms with Gasteiger partial charge in [-0.15, -0.1) is 12.4 Å². The van der Waals surface area contributed by atoms with E-state index in [1.165, 1.54) is 10.9 Å². The van der Waals surface area contributed by atoms with Crippen LogP contribution in [-0.4, -0.2) is 40.0 Å². The maximum Gasteiger partial charge on any atom is 0.261 e. The summed E-state index contributed by atoms with van der Waals surface area (Å²) in [5.41, 5.74) is 6.34. The molecule has 136 valence electrons. The predicted molar refractivity (Wildman–Crippen MR) is 104 cm³/mol. The van der Waals surface area contributed by atoms with Crippen molar-refractivity contribution in [3.63, 3.8) is 0 Å². The smallest absolute Gasteiger partial charge is 0.261 e. The lowest BCUT2D eigenvalue weighted by Crippen LogP contribution is -2.35. The number of rotatable bonds is 4. The van der Waals surface area contributed by atoms with E-state index in [2.05, 4.69) is 27.8 Å². The van der Waals surface area contributed by atoms with Gasteiger partial charge < -0.3 is 10.6 Å². The first-order chi connectivity index (χ1) is 11.4. The number of nitrogens with zero attached hydrogens (tertiary/aromatic N) is 3. The van der Waals surface area contributed by atoms with Gasteiger partial charge >= 0.3 is 0 Å². The van der Waals surface area contributed by atoms with Crippen LogP contribution in [0.1, 0.15) is 19.8 Å². The summed E-state index contributed by atoms with van der Waals surface area (Å²) in [7, 11) is 0. The second-order valence-corrected chi connectivity index (χ2v) is 7.65. The van der Waals surface area contributed by atoms with E-state index in [0.29, 0.717) is 37.0 Å². The number of halogens is 2. The molecule has 1 aliphatic rings. The Bertz CT molecular complexity index is 841. The Balaban J connectivity index is 0.00000225. The zero-order valence-corrected chi connectivity index (χ0v) is 16.5. The van der Waals surface area contributed by atoms with Crippen LogP contribution in [0.5, 0.6) is 0 Å². The molecule has 2 N–H and O–H groups in total. The minimum Gasteiger partial charge on any atom is -0.342 e. The van der Waals surface area contributed by atoms with Crippen LogP contribution in [0.3, 0.4) is 0 Å². The standard InChI is InChI=1S/C17H21BrN4O2.ClH/c1-17(9-19)5-7-21(10-17)15(23)4-6-22-11-20-14-3-2-12(18)8-13(14)16(22)24;/h2-3,8,11H,4-7,9-10,19H2,1H3;1H. The molecule has 0 bridgehead atoms. The Labute approximate surface area is 160 Å². The fourth-order valence-corrected chi connectivity index (χ4v) is 3.43. The molecule has 1 aromatic carbocycles. The monoisotopic (exact) mass is 428 g/mol. The van der Waals surface area contributed by atoms with Gasteiger partial charge in [0, 0.05) is 30.5 Å². The van der Waals surface area contributed by atoms with Gasteiger partial charge in [0.15, 0.2) is 0 Å². The molecule has 0 aliphatic carbocycles. The number of carbonyl (C=O) groups excluding carboxylic acids is 1. The lowest BCUT2D eigenvalue weighted by atomic mass is 9.90. The topological polar surface area (TPSA) is 81.2 Å². The SMILES string of the molecule is CC1(CN)CCN(C(=O)CCn2cnc3ccc(Br)cc3c2=O)C1.Cl. The molecule has 0 spiro atoms. The highest BCUT2D eigenvalue weighted by atomic mass is 79.9. The molecule has 1 saturated heterocycles. The predicted octanol–water partition coefficient (Wildman–Crippen LogP) is 2.17. The van der Waals surface area contributed by atoms with Gasteiger partial charge in [-0.1, -0.05) is 22.9 Å². The molecule has 1 atom stereocenters. The van der Waals surface area contributed by atoms with Crippen LogP contribution in [0.25, 0.3) is 10.9 Å².